The maximum atomic E-state index is 13.7. The van der Waals surface area contributed by atoms with Crippen molar-refractivity contribution >= 4 is 28.2 Å². The molecule has 43 heavy (non-hydrogen) atoms. The highest BCUT2D eigenvalue weighted by Gasteiger charge is 2.47. The molecule has 224 valence electrons. The van der Waals surface area contributed by atoms with Crippen molar-refractivity contribution in [3.8, 4) is 23.0 Å². The van der Waals surface area contributed by atoms with Gasteiger partial charge in [-0.05, 0) is 69.1 Å². The van der Waals surface area contributed by atoms with E-state index < -0.39 is 0 Å². The number of hydrogen-bond acceptors (Lipinski definition) is 7. The number of rotatable bonds is 8. The van der Waals surface area contributed by atoms with Crippen molar-refractivity contribution < 1.29 is 19.1 Å². The third-order valence-corrected chi connectivity index (χ3v) is 9.97. The van der Waals surface area contributed by atoms with Gasteiger partial charge in [-0.15, -0.1) is 0 Å². The fourth-order valence-corrected chi connectivity index (χ4v) is 7.46. The maximum absolute atomic E-state index is 13.7. The number of nitrogens with two attached hydrogens (primary N) is 1. The summed E-state index contributed by atoms with van der Waals surface area (Å²) in [7, 11) is 1.63. The zero-order chi connectivity index (χ0) is 29.4. The number of carbonyl (C=O) groups excluding carboxylic acids is 2. The number of carbonyl (C=O) groups is 2. The Hall–Kier alpha value is -4.12. The number of fused-ring (bicyclic) bond motifs is 4. The lowest BCUT2D eigenvalue weighted by molar-refractivity contribution is -0.119. The molecule has 4 aliphatic rings. The van der Waals surface area contributed by atoms with Crippen LogP contribution in [0.1, 0.15) is 54.4 Å². The van der Waals surface area contributed by atoms with Crippen molar-refractivity contribution in [1.29, 1.82) is 0 Å². The number of nitrogens with zero attached hydrogens (tertiary/aromatic N) is 5. The average molecular weight is 584 g/mol. The van der Waals surface area contributed by atoms with E-state index in [9.17, 15) is 9.59 Å². The number of pyridine rings is 2. The van der Waals surface area contributed by atoms with Crippen LogP contribution in [0.15, 0.2) is 30.6 Å². The molecule has 6 heterocycles. The van der Waals surface area contributed by atoms with E-state index in [4.69, 9.17) is 20.3 Å². The smallest absolute Gasteiger partial charge is 0.255 e. The van der Waals surface area contributed by atoms with Crippen LogP contribution < -0.4 is 20.5 Å². The largest absolute Gasteiger partial charge is 0.494 e. The standard InChI is InChI=1S/C32H37N7O4/c1-17-28(36-39-15-21(12-25(42-2)29(17)39)32(41)38-14-20-5-7-23(38)27(20)33)24-11-19-9-10-34-31(30(19)37(24)13-18-3-4-18)43-16-22-6-8-26(40)35-22/h9-12,15,18,20,22-23,27H,3-8,13-14,16,33H2,1-2H3,(H,35,40)/t20?,22-,23?,27+/m1/s1. The van der Waals surface area contributed by atoms with E-state index in [-0.39, 0.29) is 29.9 Å². The molecule has 2 saturated carbocycles. The molecule has 2 saturated heterocycles. The summed E-state index contributed by atoms with van der Waals surface area (Å²) in [6.07, 6.45) is 9.33. The highest BCUT2D eigenvalue weighted by molar-refractivity contribution is 5.96. The minimum Gasteiger partial charge on any atom is -0.494 e. The first kappa shape index (κ1) is 26.5. The van der Waals surface area contributed by atoms with Gasteiger partial charge in [-0.2, -0.15) is 5.10 Å². The molecule has 4 fully saturated rings. The van der Waals surface area contributed by atoms with Gasteiger partial charge < -0.3 is 30.0 Å². The van der Waals surface area contributed by atoms with Gasteiger partial charge in [-0.3, -0.25) is 9.59 Å². The molecule has 2 amide bonds. The SMILES string of the molecule is COc1cc(C(=O)N2CC3CCC2[C@H]3N)cn2nc(-c3cc4ccnc(OC[C@H]5CCC(=O)N5)c4n3CC3CC3)c(C)c12. The van der Waals surface area contributed by atoms with Gasteiger partial charge in [0.1, 0.15) is 29.1 Å². The monoisotopic (exact) mass is 583 g/mol. The minimum atomic E-state index is -0.0216. The molecule has 11 heteroatoms. The molecule has 2 aliphatic heterocycles. The van der Waals surface area contributed by atoms with Gasteiger partial charge in [0, 0.05) is 54.9 Å². The summed E-state index contributed by atoms with van der Waals surface area (Å²) in [5.41, 5.74) is 11.5. The summed E-state index contributed by atoms with van der Waals surface area (Å²) in [6.45, 7) is 3.98. The molecule has 4 aromatic rings. The molecule has 4 aromatic heterocycles. The lowest BCUT2D eigenvalue weighted by Gasteiger charge is -2.27. The molecule has 0 spiro atoms. The molecule has 2 unspecified atom stereocenters. The Labute approximate surface area is 249 Å². The van der Waals surface area contributed by atoms with E-state index in [1.807, 2.05) is 23.2 Å². The van der Waals surface area contributed by atoms with E-state index in [1.54, 1.807) is 17.8 Å². The predicted molar refractivity (Wildman–Crippen MR) is 160 cm³/mol. The number of methoxy groups -OCH3 is 1. The fourth-order valence-electron chi connectivity index (χ4n) is 7.46. The van der Waals surface area contributed by atoms with Crippen LogP contribution in [0, 0.1) is 18.8 Å². The highest BCUT2D eigenvalue weighted by atomic mass is 16.5. The van der Waals surface area contributed by atoms with E-state index in [0.29, 0.717) is 48.6 Å². The number of amides is 2. The van der Waals surface area contributed by atoms with Gasteiger partial charge in [0.25, 0.3) is 5.91 Å². The van der Waals surface area contributed by atoms with Gasteiger partial charge in [0.15, 0.2) is 0 Å². The minimum absolute atomic E-state index is 0.00704. The molecule has 2 aliphatic carbocycles. The van der Waals surface area contributed by atoms with Gasteiger partial charge >= 0.3 is 0 Å². The topological polar surface area (TPSA) is 129 Å². The second kappa shape index (κ2) is 9.97. The number of ether oxygens (including phenoxy) is 2. The summed E-state index contributed by atoms with van der Waals surface area (Å²) in [4.78, 5) is 32.0. The zero-order valence-corrected chi connectivity index (χ0v) is 24.6. The summed E-state index contributed by atoms with van der Waals surface area (Å²) in [5.74, 6) is 2.20. The number of aromatic nitrogens is 4. The third-order valence-electron chi connectivity index (χ3n) is 9.97. The van der Waals surface area contributed by atoms with Crippen LogP contribution in [0.5, 0.6) is 11.6 Å². The van der Waals surface area contributed by atoms with Gasteiger partial charge in [-0.25, -0.2) is 9.50 Å². The Morgan fingerprint density at radius 1 is 1.16 bits per heavy atom. The molecule has 4 atom stereocenters. The molecule has 3 N–H and O–H groups in total. The number of likely N-dealkylation sites (tertiary alicyclic amines) is 1. The van der Waals surface area contributed by atoms with Crippen LogP contribution in [0.4, 0.5) is 0 Å². The first-order valence-electron chi connectivity index (χ1n) is 15.4. The van der Waals surface area contributed by atoms with Crippen molar-refractivity contribution in [1.82, 2.24) is 29.4 Å². The van der Waals surface area contributed by atoms with Crippen molar-refractivity contribution in [3.05, 3.63) is 41.7 Å². The Balaban J connectivity index is 1.20. The van der Waals surface area contributed by atoms with Crippen LogP contribution in [0.3, 0.4) is 0 Å². The first-order chi connectivity index (χ1) is 20.9. The molecular formula is C32H37N7O4. The number of piperidine rings is 1. The van der Waals surface area contributed by atoms with Crippen molar-refractivity contribution in [2.45, 2.75) is 70.1 Å². The predicted octanol–water partition coefficient (Wildman–Crippen LogP) is 3.30. The number of aryl methyl sites for hydroxylation is 1. The van der Waals surface area contributed by atoms with Crippen molar-refractivity contribution in [2.24, 2.45) is 17.6 Å². The molecule has 0 radical (unpaired) electrons. The summed E-state index contributed by atoms with van der Waals surface area (Å²) < 4.78 is 16.2. The lowest BCUT2D eigenvalue weighted by atomic mass is 10.1. The van der Waals surface area contributed by atoms with Crippen LogP contribution in [0.2, 0.25) is 0 Å². The van der Waals surface area contributed by atoms with Crippen molar-refractivity contribution in [3.63, 3.8) is 0 Å². The second-order valence-electron chi connectivity index (χ2n) is 12.8. The van der Waals surface area contributed by atoms with E-state index in [0.717, 1.165) is 59.2 Å². The van der Waals surface area contributed by atoms with Crippen LogP contribution in [-0.4, -0.2) is 74.3 Å². The third kappa shape index (κ3) is 4.35. The summed E-state index contributed by atoms with van der Waals surface area (Å²) in [5, 5.41) is 9.07. The Kier molecular flexibility index (Phi) is 6.15. The fraction of sp³-hybridized carbons (Fsp3) is 0.500. The number of hydrogen-bond donors (Lipinski definition) is 2. The number of nitrogens with one attached hydrogen (secondary N) is 1. The van der Waals surface area contributed by atoms with Crippen LogP contribution >= 0.6 is 0 Å². The Morgan fingerprint density at radius 3 is 2.72 bits per heavy atom. The normalized spacial score (nSPS) is 24.8. The van der Waals surface area contributed by atoms with E-state index >= 15 is 0 Å². The van der Waals surface area contributed by atoms with Gasteiger partial charge in [0.2, 0.25) is 11.8 Å². The highest BCUT2D eigenvalue weighted by Crippen LogP contribution is 2.41. The lowest BCUT2D eigenvalue weighted by Crippen LogP contribution is -2.41. The van der Waals surface area contributed by atoms with Crippen LogP contribution in [-0.2, 0) is 11.3 Å². The zero-order valence-electron chi connectivity index (χ0n) is 24.6. The van der Waals surface area contributed by atoms with Crippen molar-refractivity contribution in [2.75, 3.05) is 20.3 Å². The summed E-state index contributed by atoms with van der Waals surface area (Å²) >= 11 is 0. The second-order valence-corrected chi connectivity index (χ2v) is 12.8. The molecule has 8 rings (SSSR count). The van der Waals surface area contributed by atoms with E-state index in [1.165, 1.54) is 12.8 Å². The molecule has 11 nitrogen and oxygen atoms in total. The molecule has 0 aromatic carbocycles. The summed E-state index contributed by atoms with van der Waals surface area (Å²) in [6, 6.07) is 6.14. The van der Waals surface area contributed by atoms with Crippen LogP contribution in [0.25, 0.3) is 27.8 Å². The average Bonchev–Trinajstić information content (AvgIpc) is 3.26. The Morgan fingerprint density at radius 2 is 2.02 bits per heavy atom. The quantitative estimate of drug-likeness (QED) is 0.326. The molecule has 2 bridgehead atoms. The molecular weight excluding hydrogens is 546 g/mol. The first-order valence-corrected chi connectivity index (χ1v) is 15.4. The van der Waals surface area contributed by atoms with Gasteiger partial charge in [-0.1, -0.05) is 0 Å². The maximum Gasteiger partial charge on any atom is 0.255 e. The Bertz CT molecular complexity index is 1770. The van der Waals surface area contributed by atoms with E-state index in [2.05, 4.69) is 27.9 Å². The van der Waals surface area contributed by atoms with Gasteiger partial charge in [0.05, 0.1) is 24.4 Å².